The van der Waals surface area contributed by atoms with Crippen LogP contribution < -0.4 is 20.7 Å². The number of rotatable bonds is 9. The first-order valence-corrected chi connectivity index (χ1v) is 9.37. The average molecular weight is 532 g/mol. The van der Waals surface area contributed by atoms with Gasteiger partial charge < -0.3 is 20.7 Å². The molecule has 0 heterocycles. The molecule has 0 aliphatic carbocycles. The molecule has 0 aromatic heterocycles. The number of nitrogens with one attached hydrogen (secondary N) is 3. The molecule has 0 aliphatic rings. The van der Waals surface area contributed by atoms with Gasteiger partial charge in [-0.25, -0.2) is 0 Å². The van der Waals surface area contributed by atoms with Gasteiger partial charge in [0, 0.05) is 37.8 Å². The summed E-state index contributed by atoms with van der Waals surface area (Å²) in [6.45, 7) is -0.169. The topological polar surface area (TPSA) is 74.8 Å². The van der Waals surface area contributed by atoms with Crippen molar-refractivity contribution < 1.29 is 18.3 Å². The lowest BCUT2D eigenvalue weighted by Gasteiger charge is -2.15. The van der Waals surface area contributed by atoms with Gasteiger partial charge in [0.25, 0.3) is 0 Å². The second-order valence-corrected chi connectivity index (χ2v) is 6.26. The monoisotopic (exact) mass is 532 g/mol. The maximum Gasteiger partial charge on any atom is 0.387 e. The zero-order valence-electron chi connectivity index (χ0n) is 17.0. The van der Waals surface area contributed by atoms with Gasteiger partial charge in [0.05, 0.1) is 0 Å². The molecule has 3 N–H and O–H groups in total. The summed E-state index contributed by atoms with van der Waals surface area (Å²) >= 11 is 0. The van der Waals surface area contributed by atoms with Crippen LogP contribution in [0.5, 0.6) is 5.75 Å². The molecular weight excluding hydrogens is 505 g/mol. The van der Waals surface area contributed by atoms with Crippen molar-refractivity contribution in [3.63, 3.8) is 0 Å². The number of hydrogen-bond acceptors (Lipinski definition) is 3. The maximum atomic E-state index is 12.5. The van der Waals surface area contributed by atoms with Gasteiger partial charge in [-0.05, 0) is 30.2 Å². The fourth-order valence-corrected chi connectivity index (χ4v) is 2.66. The van der Waals surface area contributed by atoms with Crippen molar-refractivity contribution in [1.82, 2.24) is 10.6 Å². The van der Waals surface area contributed by atoms with Gasteiger partial charge >= 0.3 is 6.61 Å². The maximum absolute atomic E-state index is 12.5. The minimum atomic E-state index is -2.88. The van der Waals surface area contributed by atoms with Crippen molar-refractivity contribution in [2.45, 2.75) is 39.5 Å². The van der Waals surface area contributed by atoms with Crippen LogP contribution in [0.25, 0.3) is 0 Å². The van der Waals surface area contributed by atoms with Crippen molar-refractivity contribution in [3.8, 4) is 5.75 Å². The van der Waals surface area contributed by atoms with Crippen LogP contribution in [-0.2, 0) is 17.9 Å². The van der Waals surface area contributed by atoms with Gasteiger partial charge in [-0.15, -0.1) is 24.0 Å². The van der Waals surface area contributed by atoms with E-state index in [2.05, 4.69) is 25.7 Å². The number of anilines is 1. The molecule has 0 atom stereocenters. The smallest absolute Gasteiger partial charge is 0.387 e. The normalized spacial score (nSPS) is 10.9. The minimum absolute atomic E-state index is 0. The molecule has 1 amide bonds. The highest BCUT2D eigenvalue weighted by atomic mass is 127. The summed E-state index contributed by atoms with van der Waals surface area (Å²) in [4.78, 5) is 15.9. The molecule has 0 saturated heterocycles. The summed E-state index contributed by atoms with van der Waals surface area (Å²) in [5.74, 6) is 0.623. The molecule has 0 fully saturated rings. The van der Waals surface area contributed by atoms with Crippen molar-refractivity contribution in [2.24, 2.45) is 4.99 Å². The predicted molar refractivity (Wildman–Crippen MR) is 126 cm³/mol. The SMILES string of the molecule is CCCC(=O)Nc1cccc(CNC(=NC)NCc2ccccc2OC(F)F)c1.I. The first-order chi connectivity index (χ1) is 14.0. The van der Waals surface area contributed by atoms with E-state index in [9.17, 15) is 13.6 Å². The number of amides is 1. The molecule has 0 radical (unpaired) electrons. The van der Waals surface area contributed by atoms with Crippen LogP contribution in [0.3, 0.4) is 0 Å². The van der Waals surface area contributed by atoms with Crippen LogP contribution >= 0.6 is 24.0 Å². The van der Waals surface area contributed by atoms with Gasteiger partial charge in [0.15, 0.2) is 5.96 Å². The highest BCUT2D eigenvalue weighted by Crippen LogP contribution is 2.20. The molecule has 164 valence electrons. The fourth-order valence-electron chi connectivity index (χ4n) is 2.66. The van der Waals surface area contributed by atoms with Crippen LogP contribution in [0.4, 0.5) is 14.5 Å². The largest absolute Gasteiger partial charge is 0.434 e. The number of para-hydroxylation sites is 1. The van der Waals surface area contributed by atoms with Gasteiger partial charge in [-0.2, -0.15) is 8.78 Å². The summed E-state index contributed by atoms with van der Waals surface area (Å²) in [7, 11) is 1.62. The lowest BCUT2D eigenvalue weighted by Crippen LogP contribution is -2.36. The van der Waals surface area contributed by atoms with Crippen LogP contribution in [0.1, 0.15) is 30.9 Å². The number of benzene rings is 2. The van der Waals surface area contributed by atoms with E-state index in [0.717, 1.165) is 17.7 Å². The van der Waals surface area contributed by atoms with Crippen molar-refractivity contribution >= 4 is 41.5 Å². The first kappa shape index (κ1) is 25.6. The molecule has 2 aromatic carbocycles. The number of guanidine groups is 1. The molecule has 6 nitrogen and oxygen atoms in total. The number of aliphatic imine (C=N–C) groups is 1. The third-order valence-corrected chi connectivity index (χ3v) is 4.01. The van der Waals surface area contributed by atoms with Crippen LogP contribution in [0.15, 0.2) is 53.5 Å². The third kappa shape index (κ3) is 8.93. The van der Waals surface area contributed by atoms with Gasteiger partial charge in [0.1, 0.15) is 5.75 Å². The lowest BCUT2D eigenvalue weighted by atomic mass is 10.2. The van der Waals surface area contributed by atoms with E-state index < -0.39 is 6.61 Å². The Morgan fingerprint density at radius 2 is 1.83 bits per heavy atom. The zero-order valence-corrected chi connectivity index (χ0v) is 19.3. The molecule has 0 unspecified atom stereocenters. The summed E-state index contributed by atoms with van der Waals surface area (Å²) in [5, 5.41) is 9.10. The third-order valence-electron chi connectivity index (χ3n) is 4.01. The van der Waals surface area contributed by atoms with E-state index in [1.807, 2.05) is 31.2 Å². The Morgan fingerprint density at radius 3 is 2.53 bits per heavy atom. The van der Waals surface area contributed by atoms with Gasteiger partial charge in [-0.3, -0.25) is 9.79 Å². The molecule has 0 spiro atoms. The summed E-state index contributed by atoms with van der Waals surface area (Å²) in [6.07, 6.45) is 1.27. The Balaban J connectivity index is 0.00000450. The van der Waals surface area contributed by atoms with Crippen molar-refractivity contribution in [3.05, 3.63) is 59.7 Å². The quantitative estimate of drug-likeness (QED) is 0.253. The number of ether oxygens (including phenoxy) is 1. The molecule has 0 aliphatic heterocycles. The van der Waals surface area contributed by atoms with E-state index in [1.165, 1.54) is 6.07 Å². The van der Waals surface area contributed by atoms with E-state index in [4.69, 9.17) is 0 Å². The van der Waals surface area contributed by atoms with Crippen LogP contribution in [0.2, 0.25) is 0 Å². The van der Waals surface area contributed by atoms with E-state index in [0.29, 0.717) is 24.5 Å². The minimum Gasteiger partial charge on any atom is -0.434 e. The number of halogens is 3. The van der Waals surface area contributed by atoms with Crippen molar-refractivity contribution in [2.75, 3.05) is 12.4 Å². The Morgan fingerprint density at radius 1 is 1.10 bits per heavy atom. The molecule has 30 heavy (non-hydrogen) atoms. The highest BCUT2D eigenvalue weighted by molar-refractivity contribution is 14.0. The molecule has 0 saturated carbocycles. The Kier molecular flexibility index (Phi) is 11.7. The van der Waals surface area contributed by atoms with E-state index in [-0.39, 0.29) is 42.2 Å². The van der Waals surface area contributed by atoms with Crippen LogP contribution in [-0.4, -0.2) is 25.5 Å². The second kappa shape index (κ2) is 13.7. The Hall–Kier alpha value is -2.43. The summed E-state index contributed by atoms with van der Waals surface area (Å²) < 4.78 is 29.6. The predicted octanol–water partition coefficient (Wildman–Crippen LogP) is 4.51. The lowest BCUT2D eigenvalue weighted by molar-refractivity contribution is -0.116. The Bertz CT molecular complexity index is 834. The van der Waals surface area contributed by atoms with Crippen molar-refractivity contribution in [1.29, 1.82) is 0 Å². The Labute approximate surface area is 192 Å². The molecular formula is C21H27F2IN4O2. The van der Waals surface area contributed by atoms with Crippen LogP contribution in [0, 0.1) is 0 Å². The van der Waals surface area contributed by atoms with E-state index >= 15 is 0 Å². The second-order valence-electron chi connectivity index (χ2n) is 6.26. The summed E-state index contributed by atoms with van der Waals surface area (Å²) in [5.41, 5.74) is 2.30. The summed E-state index contributed by atoms with van der Waals surface area (Å²) in [6, 6.07) is 14.1. The number of carbonyl (C=O) groups is 1. The highest BCUT2D eigenvalue weighted by Gasteiger charge is 2.09. The molecule has 9 heteroatoms. The molecule has 2 rings (SSSR count). The standard InChI is InChI=1S/C21H26F2N4O2.HI/c1-3-7-19(28)27-17-10-6-8-15(12-17)13-25-21(24-2)26-14-16-9-4-5-11-18(16)29-20(22)23;/h4-6,8-12,20H,3,7,13-14H2,1-2H3,(H,27,28)(H2,24,25,26);1H. The number of carbonyl (C=O) groups excluding carboxylic acids is 1. The van der Waals surface area contributed by atoms with Gasteiger partial charge in [-0.1, -0.05) is 37.3 Å². The number of alkyl halides is 2. The van der Waals surface area contributed by atoms with E-state index in [1.54, 1.807) is 25.2 Å². The first-order valence-electron chi connectivity index (χ1n) is 9.37. The van der Waals surface area contributed by atoms with Gasteiger partial charge in [0.2, 0.25) is 5.91 Å². The average Bonchev–Trinajstić information content (AvgIpc) is 2.69. The fraction of sp³-hybridized carbons (Fsp3) is 0.333. The number of nitrogens with zero attached hydrogens (tertiary/aromatic N) is 1. The molecule has 2 aromatic rings. The zero-order chi connectivity index (χ0) is 21.1. The number of hydrogen-bond donors (Lipinski definition) is 3. The molecule has 0 bridgehead atoms.